The number of aryl methyl sites for hydroxylation is 1. The van der Waals surface area contributed by atoms with Crippen molar-refractivity contribution in [3.63, 3.8) is 0 Å². The summed E-state index contributed by atoms with van der Waals surface area (Å²) in [6.45, 7) is 6.88. The van der Waals surface area contributed by atoms with Crippen molar-refractivity contribution in [2.45, 2.75) is 27.2 Å². The summed E-state index contributed by atoms with van der Waals surface area (Å²) >= 11 is 0. The largest absolute Gasteiger partial charge is 0.496 e. The Morgan fingerprint density at radius 2 is 2.12 bits per heavy atom. The molecule has 1 N–H and O–H groups in total. The van der Waals surface area contributed by atoms with Crippen LogP contribution in [-0.2, 0) is 11.2 Å². The van der Waals surface area contributed by atoms with Gasteiger partial charge in [-0.05, 0) is 18.9 Å². The van der Waals surface area contributed by atoms with Gasteiger partial charge in [0.25, 0.3) is 0 Å². The van der Waals surface area contributed by atoms with Gasteiger partial charge in [-0.15, -0.1) is 0 Å². The molecule has 0 spiro atoms. The lowest BCUT2D eigenvalue weighted by atomic mass is 10.1. The molecule has 1 rings (SSSR count). The van der Waals surface area contributed by atoms with Gasteiger partial charge in [-0.2, -0.15) is 0 Å². The minimum absolute atomic E-state index is 0.0441. The van der Waals surface area contributed by atoms with Gasteiger partial charge in [0.1, 0.15) is 5.75 Å². The third-order valence-electron chi connectivity index (χ3n) is 2.49. The molecule has 0 bridgehead atoms. The Kier molecular flexibility index (Phi) is 5.01. The molecule has 0 unspecified atom stereocenters. The molecule has 1 aromatic carbocycles. The van der Waals surface area contributed by atoms with Crippen LogP contribution in [0.15, 0.2) is 18.2 Å². The predicted molar refractivity (Wildman–Crippen MR) is 69.3 cm³/mol. The number of amides is 1. The summed E-state index contributed by atoms with van der Waals surface area (Å²) in [4.78, 5) is 11.7. The summed E-state index contributed by atoms with van der Waals surface area (Å²) < 4.78 is 5.25. The number of benzene rings is 1. The number of hydrogen-bond acceptors (Lipinski definition) is 2. The number of hydrogen-bond donors (Lipinski definition) is 1. The van der Waals surface area contributed by atoms with Crippen molar-refractivity contribution in [3.8, 4) is 5.75 Å². The zero-order chi connectivity index (χ0) is 12.8. The highest BCUT2D eigenvalue weighted by Gasteiger charge is 2.09. The van der Waals surface area contributed by atoms with Crippen LogP contribution in [0.2, 0.25) is 0 Å². The van der Waals surface area contributed by atoms with Gasteiger partial charge in [0.15, 0.2) is 0 Å². The van der Waals surface area contributed by atoms with E-state index in [1.807, 2.05) is 25.1 Å². The molecule has 17 heavy (non-hydrogen) atoms. The van der Waals surface area contributed by atoms with E-state index in [0.717, 1.165) is 16.9 Å². The van der Waals surface area contributed by atoms with Crippen LogP contribution in [0.5, 0.6) is 5.75 Å². The van der Waals surface area contributed by atoms with Gasteiger partial charge in [0.2, 0.25) is 5.91 Å². The maximum atomic E-state index is 11.7. The van der Waals surface area contributed by atoms with Crippen molar-refractivity contribution in [1.82, 2.24) is 5.32 Å². The van der Waals surface area contributed by atoms with Crippen LogP contribution in [0, 0.1) is 12.8 Å². The summed E-state index contributed by atoms with van der Waals surface area (Å²) in [5, 5.41) is 2.91. The monoisotopic (exact) mass is 235 g/mol. The average Bonchev–Trinajstić information content (AvgIpc) is 2.27. The fourth-order valence-corrected chi connectivity index (χ4v) is 1.60. The van der Waals surface area contributed by atoms with Crippen LogP contribution in [0.3, 0.4) is 0 Å². The second-order valence-electron chi connectivity index (χ2n) is 4.69. The van der Waals surface area contributed by atoms with E-state index >= 15 is 0 Å². The number of rotatable bonds is 5. The molecule has 0 aliphatic carbocycles. The summed E-state index contributed by atoms with van der Waals surface area (Å²) in [5.74, 6) is 1.29. The first-order valence-electron chi connectivity index (χ1n) is 5.93. The van der Waals surface area contributed by atoms with Crippen molar-refractivity contribution in [3.05, 3.63) is 29.3 Å². The lowest BCUT2D eigenvalue weighted by Crippen LogP contribution is -2.28. The molecular formula is C14H21NO2. The molecule has 0 aromatic heterocycles. The smallest absolute Gasteiger partial charge is 0.224 e. The Labute approximate surface area is 103 Å². The van der Waals surface area contributed by atoms with Gasteiger partial charge in [0, 0.05) is 12.1 Å². The van der Waals surface area contributed by atoms with Gasteiger partial charge in [-0.3, -0.25) is 4.79 Å². The predicted octanol–water partition coefficient (Wildman–Crippen LogP) is 2.32. The number of ether oxygens (including phenoxy) is 1. The highest BCUT2D eigenvalue weighted by atomic mass is 16.5. The van der Waals surface area contributed by atoms with E-state index in [9.17, 15) is 4.79 Å². The van der Waals surface area contributed by atoms with E-state index in [-0.39, 0.29) is 5.91 Å². The zero-order valence-corrected chi connectivity index (χ0v) is 11.0. The molecule has 0 aliphatic heterocycles. The van der Waals surface area contributed by atoms with Crippen LogP contribution < -0.4 is 10.1 Å². The number of methoxy groups -OCH3 is 1. The standard InChI is InChI=1S/C14H21NO2/c1-10(2)9-15-14(16)8-12-7-11(3)5-6-13(12)17-4/h5-7,10H,8-9H2,1-4H3,(H,15,16). The van der Waals surface area contributed by atoms with Crippen LogP contribution in [-0.4, -0.2) is 19.6 Å². The van der Waals surface area contributed by atoms with Crippen molar-refractivity contribution >= 4 is 5.91 Å². The first-order valence-corrected chi connectivity index (χ1v) is 5.93. The lowest BCUT2D eigenvalue weighted by Gasteiger charge is -2.11. The molecule has 94 valence electrons. The number of carbonyl (C=O) groups excluding carboxylic acids is 1. The molecule has 0 heterocycles. The Hall–Kier alpha value is -1.51. The van der Waals surface area contributed by atoms with E-state index < -0.39 is 0 Å². The van der Waals surface area contributed by atoms with E-state index in [1.165, 1.54) is 0 Å². The molecule has 0 radical (unpaired) electrons. The van der Waals surface area contributed by atoms with Crippen LogP contribution in [0.25, 0.3) is 0 Å². The molecule has 0 saturated heterocycles. The molecule has 3 nitrogen and oxygen atoms in total. The third-order valence-corrected chi connectivity index (χ3v) is 2.49. The van der Waals surface area contributed by atoms with Gasteiger partial charge < -0.3 is 10.1 Å². The topological polar surface area (TPSA) is 38.3 Å². The minimum Gasteiger partial charge on any atom is -0.496 e. The Bertz CT molecular complexity index is 386. The second kappa shape index (κ2) is 6.28. The van der Waals surface area contributed by atoms with Gasteiger partial charge in [0.05, 0.1) is 13.5 Å². The van der Waals surface area contributed by atoms with Crippen molar-refractivity contribution in [1.29, 1.82) is 0 Å². The van der Waals surface area contributed by atoms with E-state index in [0.29, 0.717) is 18.9 Å². The van der Waals surface area contributed by atoms with E-state index in [2.05, 4.69) is 19.2 Å². The maximum Gasteiger partial charge on any atom is 0.224 e. The molecule has 0 aliphatic rings. The quantitative estimate of drug-likeness (QED) is 0.850. The van der Waals surface area contributed by atoms with Crippen LogP contribution in [0.4, 0.5) is 0 Å². The fourth-order valence-electron chi connectivity index (χ4n) is 1.60. The average molecular weight is 235 g/mol. The SMILES string of the molecule is COc1ccc(C)cc1CC(=O)NCC(C)C. The normalized spacial score (nSPS) is 10.4. The summed E-state index contributed by atoms with van der Waals surface area (Å²) in [6.07, 6.45) is 0.373. The first kappa shape index (κ1) is 13.6. The highest BCUT2D eigenvalue weighted by Crippen LogP contribution is 2.19. The minimum atomic E-state index is 0.0441. The molecule has 1 aromatic rings. The lowest BCUT2D eigenvalue weighted by molar-refractivity contribution is -0.120. The van der Waals surface area contributed by atoms with Crippen LogP contribution >= 0.6 is 0 Å². The summed E-state index contributed by atoms with van der Waals surface area (Å²) in [6, 6.07) is 5.88. The molecular weight excluding hydrogens is 214 g/mol. The molecule has 0 fully saturated rings. The number of carbonyl (C=O) groups is 1. The molecule has 0 saturated carbocycles. The molecule has 3 heteroatoms. The van der Waals surface area contributed by atoms with Gasteiger partial charge in [-0.1, -0.05) is 31.5 Å². The number of nitrogens with one attached hydrogen (secondary N) is 1. The second-order valence-corrected chi connectivity index (χ2v) is 4.69. The van der Waals surface area contributed by atoms with Crippen molar-refractivity contribution in [2.75, 3.05) is 13.7 Å². The highest BCUT2D eigenvalue weighted by molar-refractivity contribution is 5.79. The third kappa shape index (κ3) is 4.47. The van der Waals surface area contributed by atoms with Crippen molar-refractivity contribution < 1.29 is 9.53 Å². The van der Waals surface area contributed by atoms with Crippen molar-refractivity contribution in [2.24, 2.45) is 5.92 Å². The van der Waals surface area contributed by atoms with Crippen LogP contribution in [0.1, 0.15) is 25.0 Å². The molecule has 0 atom stereocenters. The summed E-state index contributed by atoms with van der Waals surface area (Å²) in [7, 11) is 1.63. The Morgan fingerprint density at radius 1 is 1.41 bits per heavy atom. The van der Waals surface area contributed by atoms with Gasteiger partial charge in [-0.25, -0.2) is 0 Å². The Morgan fingerprint density at radius 3 is 2.71 bits per heavy atom. The van der Waals surface area contributed by atoms with E-state index in [4.69, 9.17) is 4.74 Å². The maximum absolute atomic E-state index is 11.7. The first-order chi connectivity index (χ1) is 8.02. The van der Waals surface area contributed by atoms with Gasteiger partial charge >= 0.3 is 0 Å². The summed E-state index contributed by atoms with van der Waals surface area (Å²) in [5.41, 5.74) is 2.08. The zero-order valence-electron chi connectivity index (χ0n) is 11.0. The molecule has 1 amide bonds. The fraction of sp³-hybridized carbons (Fsp3) is 0.500. The van der Waals surface area contributed by atoms with E-state index in [1.54, 1.807) is 7.11 Å². The Balaban J connectivity index is 2.66.